The summed E-state index contributed by atoms with van der Waals surface area (Å²) in [6.45, 7) is 5.31. The Hall–Kier alpha value is -2.04. The first kappa shape index (κ1) is 15.0. The molecule has 0 heterocycles. The lowest BCUT2D eigenvalue weighted by Crippen LogP contribution is -2.35. The van der Waals surface area contributed by atoms with Gasteiger partial charge < -0.3 is 14.8 Å². The van der Waals surface area contributed by atoms with Crippen LogP contribution >= 0.6 is 0 Å². The molecule has 0 radical (unpaired) electrons. The van der Waals surface area contributed by atoms with Crippen LogP contribution in [-0.4, -0.2) is 41.9 Å². The normalized spacial score (nSPS) is 13.0. The van der Waals surface area contributed by atoms with E-state index in [2.05, 4.69) is 5.16 Å². The molecule has 19 heavy (non-hydrogen) atoms. The Bertz CT molecular complexity index is 495. The van der Waals surface area contributed by atoms with Crippen LogP contribution in [0.15, 0.2) is 23.4 Å². The third-order valence-corrected chi connectivity index (χ3v) is 2.77. The standard InChI is InChI=1S/C14H20N2O3/c1-9-6-7-13(12(8-9)10(2)15-18)19-11(3)14(17)16(4)5/h6-8,11,18H,1-5H3/b15-10+. The molecule has 5 nitrogen and oxygen atoms in total. The molecule has 0 aliphatic rings. The summed E-state index contributed by atoms with van der Waals surface area (Å²) in [6.07, 6.45) is -0.594. The number of aryl methyl sites for hydroxylation is 1. The van der Waals surface area contributed by atoms with Gasteiger partial charge in [0.25, 0.3) is 5.91 Å². The van der Waals surface area contributed by atoms with Crippen molar-refractivity contribution in [3.05, 3.63) is 29.3 Å². The minimum absolute atomic E-state index is 0.120. The minimum Gasteiger partial charge on any atom is -0.480 e. The van der Waals surface area contributed by atoms with Gasteiger partial charge in [-0.2, -0.15) is 0 Å². The molecule has 1 unspecified atom stereocenters. The van der Waals surface area contributed by atoms with Crippen LogP contribution in [-0.2, 0) is 4.79 Å². The topological polar surface area (TPSA) is 62.1 Å². The summed E-state index contributed by atoms with van der Waals surface area (Å²) in [6, 6.07) is 5.52. The molecule has 0 aliphatic heterocycles. The molecule has 1 atom stereocenters. The van der Waals surface area contributed by atoms with Crippen LogP contribution in [0, 0.1) is 6.92 Å². The number of carbonyl (C=O) groups excluding carboxylic acids is 1. The Morgan fingerprint density at radius 1 is 1.42 bits per heavy atom. The van der Waals surface area contributed by atoms with Gasteiger partial charge in [-0.25, -0.2) is 0 Å². The van der Waals surface area contributed by atoms with Crippen molar-refractivity contribution in [3.63, 3.8) is 0 Å². The minimum atomic E-state index is -0.594. The molecule has 1 amide bonds. The van der Waals surface area contributed by atoms with Gasteiger partial charge in [-0.3, -0.25) is 4.79 Å². The summed E-state index contributed by atoms with van der Waals surface area (Å²) in [5, 5.41) is 12.1. The molecule has 1 aromatic rings. The molecule has 1 N–H and O–H groups in total. The molecule has 0 saturated heterocycles. The largest absolute Gasteiger partial charge is 0.480 e. The maximum absolute atomic E-state index is 11.8. The van der Waals surface area contributed by atoms with Crippen molar-refractivity contribution in [1.82, 2.24) is 4.90 Å². The smallest absolute Gasteiger partial charge is 0.262 e. The molecule has 104 valence electrons. The zero-order valence-electron chi connectivity index (χ0n) is 12.0. The molecule has 0 bridgehead atoms. The number of ether oxygens (including phenoxy) is 1. The number of benzene rings is 1. The lowest BCUT2D eigenvalue weighted by atomic mass is 10.1. The highest BCUT2D eigenvalue weighted by molar-refractivity contribution is 6.01. The van der Waals surface area contributed by atoms with E-state index in [9.17, 15) is 4.79 Å². The van der Waals surface area contributed by atoms with Gasteiger partial charge in [0.1, 0.15) is 5.75 Å². The second kappa shape index (κ2) is 6.22. The first-order valence-electron chi connectivity index (χ1n) is 6.04. The van der Waals surface area contributed by atoms with Crippen molar-refractivity contribution in [1.29, 1.82) is 0 Å². The van der Waals surface area contributed by atoms with Crippen molar-refractivity contribution in [3.8, 4) is 5.75 Å². The fourth-order valence-corrected chi connectivity index (χ4v) is 1.69. The molecule has 0 aromatic heterocycles. The summed E-state index contributed by atoms with van der Waals surface area (Å²) >= 11 is 0. The summed E-state index contributed by atoms with van der Waals surface area (Å²) in [5.74, 6) is 0.411. The van der Waals surface area contributed by atoms with Crippen LogP contribution in [0.4, 0.5) is 0 Å². The van der Waals surface area contributed by atoms with Crippen LogP contribution in [0.2, 0.25) is 0 Å². The van der Waals surface area contributed by atoms with Crippen molar-refractivity contribution in [2.45, 2.75) is 26.9 Å². The SMILES string of the molecule is C/C(=N\O)c1cc(C)ccc1OC(C)C(=O)N(C)C. The monoisotopic (exact) mass is 264 g/mol. The van der Waals surface area contributed by atoms with Crippen LogP contribution in [0.3, 0.4) is 0 Å². The highest BCUT2D eigenvalue weighted by atomic mass is 16.5. The van der Waals surface area contributed by atoms with Crippen LogP contribution in [0.5, 0.6) is 5.75 Å². The Balaban J connectivity index is 3.04. The van der Waals surface area contributed by atoms with E-state index in [1.807, 2.05) is 19.1 Å². The number of likely N-dealkylation sites (N-methyl/N-ethyl adjacent to an activating group) is 1. The zero-order chi connectivity index (χ0) is 14.6. The number of nitrogens with zero attached hydrogens (tertiary/aromatic N) is 2. The fourth-order valence-electron chi connectivity index (χ4n) is 1.69. The average Bonchev–Trinajstić information content (AvgIpc) is 2.38. The molecule has 0 fully saturated rings. The van der Waals surface area contributed by atoms with E-state index in [1.54, 1.807) is 34.0 Å². The van der Waals surface area contributed by atoms with E-state index in [-0.39, 0.29) is 5.91 Å². The molecule has 5 heteroatoms. The summed E-state index contributed by atoms with van der Waals surface area (Å²) in [4.78, 5) is 13.3. The maximum Gasteiger partial charge on any atom is 0.262 e. The number of hydrogen-bond donors (Lipinski definition) is 1. The lowest BCUT2D eigenvalue weighted by molar-refractivity contribution is -0.135. The van der Waals surface area contributed by atoms with Crippen molar-refractivity contribution in [2.75, 3.05) is 14.1 Å². The Kier molecular flexibility index (Phi) is 4.92. The molecule has 1 aromatic carbocycles. The third kappa shape index (κ3) is 3.71. The predicted octanol–water partition coefficient (Wildman–Crippen LogP) is 2.05. The lowest BCUT2D eigenvalue weighted by Gasteiger charge is -2.20. The molecular weight excluding hydrogens is 244 g/mol. The summed E-state index contributed by atoms with van der Waals surface area (Å²) in [5.41, 5.74) is 2.15. The van der Waals surface area contributed by atoms with Gasteiger partial charge in [0.2, 0.25) is 0 Å². The Morgan fingerprint density at radius 3 is 2.58 bits per heavy atom. The Morgan fingerprint density at radius 2 is 2.05 bits per heavy atom. The van der Waals surface area contributed by atoms with Gasteiger partial charge in [-0.15, -0.1) is 0 Å². The van der Waals surface area contributed by atoms with Crippen molar-refractivity contribution >= 4 is 11.6 Å². The summed E-state index contributed by atoms with van der Waals surface area (Å²) in [7, 11) is 3.36. The first-order chi connectivity index (χ1) is 8.86. The molecule has 1 rings (SSSR count). The van der Waals surface area contributed by atoms with E-state index < -0.39 is 6.10 Å². The van der Waals surface area contributed by atoms with E-state index >= 15 is 0 Å². The fraction of sp³-hybridized carbons (Fsp3) is 0.429. The second-order valence-corrected chi connectivity index (χ2v) is 4.68. The van der Waals surface area contributed by atoms with Crippen LogP contribution in [0.1, 0.15) is 25.0 Å². The van der Waals surface area contributed by atoms with Gasteiger partial charge in [-0.05, 0) is 32.9 Å². The highest BCUT2D eigenvalue weighted by Gasteiger charge is 2.18. The number of amides is 1. The van der Waals surface area contributed by atoms with E-state index in [4.69, 9.17) is 9.94 Å². The van der Waals surface area contributed by atoms with Gasteiger partial charge >= 0.3 is 0 Å². The first-order valence-corrected chi connectivity index (χ1v) is 6.04. The molecule has 0 spiro atoms. The van der Waals surface area contributed by atoms with Crippen molar-refractivity contribution in [2.24, 2.45) is 5.16 Å². The number of oxime groups is 1. The van der Waals surface area contributed by atoms with Gasteiger partial charge in [-0.1, -0.05) is 16.8 Å². The zero-order valence-corrected chi connectivity index (χ0v) is 12.0. The average molecular weight is 264 g/mol. The molecule has 0 aliphatic carbocycles. The second-order valence-electron chi connectivity index (χ2n) is 4.68. The predicted molar refractivity (Wildman–Crippen MR) is 74.0 cm³/mol. The van der Waals surface area contributed by atoms with E-state index in [1.165, 1.54) is 4.90 Å². The highest BCUT2D eigenvalue weighted by Crippen LogP contribution is 2.22. The van der Waals surface area contributed by atoms with Gasteiger partial charge in [0.05, 0.1) is 5.71 Å². The van der Waals surface area contributed by atoms with Crippen molar-refractivity contribution < 1.29 is 14.7 Å². The number of rotatable bonds is 4. The van der Waals surface area contributed by atoms with E-state index in [0.717, 1.165) is 5.56 Å². The van der Waals surface area contributed by atoms with E-state index in [0.29, 0.717) is 17.0 Å². The van der Waals surface area contributed by atoms with Crippen LogP contribution in [0.25, 0.3) is 0 Å². The Labute approximate surface area is 113 Å². The molecular formula is C14H20N2O3. The molecule has 0 saturated carbocycles. The quantitative estimate of drug-likeness (QED) is 0.514. The number of hydrogen-bond acceptors (Lipinski definition) is 4. The van der Waals surface area contributed by atoms with Gasteiger partial charge in [0, 0.05) is 19.7 Å². The maximum atomic E-state index is 11.8. The number of carbonyl (C=O) groups is 1. The third-order valence-electron chi connectivity index (χ3n) is 2.77. The summed E-state index contributed by atoms with van der Waals surface area (Å²) < 4.78 is 5.66. The van der Waals surface area contributed by atoms with Gasteiger partial charge in [0.15, 0.2) is 6.10 Å². The van der Waals surface area contributed by atoms with Crippen LogP contribution < -0.4 is 4.74 Å².